The van der Waals surface area contributed by atoms with Gasteiger partial charge in [0.05, 0.1) is 18.8 Å². The number of ether oxygens (including phenoxy) is 3. The van der Waals surface area contributed by atoms with E-state index in [1.165, 1.54) is 24.3 Å². The summed E-state index contributed by atoms with van der Waals surface area (Å²) < 4.78 is 59.0. The molecule has 1 heterocycles. The lowest BCUT2D eigenvalue weighted by Gasteiger charge is -2.29. The van der Waals surface area contributed by atoms with Gasteiger partial charge >= 0.3 is 0 Å². The molecule has 0 N–H and O–H groups in total. The maximum atomic E-state index is 14.6. The van der Waals surface area contributed by atoms with Crippen molar-refractivity contribution in [1.82, 2.24) is 0 Å². The van der Waals surface area contributed by atoms with Gasteiger partial charge in [-0.3, -0.25) is 0 Å². The molecule has 4 rings (SSSR count). The molecule has 33 heavy (non-hydrogen) atoms. The van der Waals surface area contributed by atoms with E-state index in [0.29, 0.717) is 49.7 Å². The zero-order valence-electron chi connectivity index (χ0n) is 18.4. The Bertz CT molecular complexity index is 1150. The summed E-state index contributed by atoms with van der Waals surface area (Å²) in [6.07, 6.45) is 1.44. The third-order valence-corrected chi connectivity index (χ3v) is 5.67. The van der Waals surface area contributed by atoms with Crippen molar-refractivity contribution in [3.63, 3.8) is 0 Å². The zero-order chi connectivity index (χ0) is 23.2. The van der Waals surface area contributed by atoms with E-state index in [9.17, 15) is 13.2 Å². The van der Waals surface area contributed by atoms with Crippen molar-refractivity contribution in [3.8, 4) is 11.8 Å². The molecule has 0 saturated carbocycles. The summed E-state index contributed by atoms with van der Waals surface area (Å²) in [6.45, 7) is 1.85. The fraction of sp³-hybridized carbons (Fsp3) is 0.333. The first-order valence-electron chi connectivity index (χ1n) is 10.9. The van der Waals surface area contributed by atoms with Gasteiger partial charge in [-0.15, -0.1) is 0 Å². The highest BCUT2D eigenvalue weighted by Crippen LogP contribution is 2.21. The predicted octanol–water partition coefficient (Wildman–Crippen LogP) is 5.62. The average molecular weight is 454 g/mol. The Morgan fingerprint density at radius 2 is 1.58 bits per heavy atom. The number of aryl methyl sites for hydroxylation is 1. The van der Waals surface area contributed by atoms with Crippen LogP contribution < -0.4 is 0 Å². The van der Waals surface area contributed by atoms with Gasteiger partial charge < -0.3 is 14.2 Å². The molecule has 0 aromatic heterocycles. The van der Waals surface area contributed by atoms with Crippen LogP contribution in [0.2, 0.25) is 0 Å². The fourth-order valence-electron chi connectivity index (χ4n) is 3.80. The van der Waals surface area contributed by atoms with Gasteiger partial charge in [0.15, 0.2) is 6.29 Å². The van der Waals surface area contributed by atoms with Gasteiger partial charge in [-0.1, -0.05) is 24.0 Å². The molecular formula is C27H25F3O3. The molecule has 1 fully saturated rings. The lowest BCUT2D eigenvalue weighted by atomic mass is 10.0. The molecule has 3 nitrogen and oxygen atoms in total. The van der Waals surface area contributed by atoms with E-state index in [2.05, 4.69) is 11.8 Å². The van der Waals surface area contributed by atoms with Crippen molar-refractivity contribution in [3.05, 3.63) is 82.7 Å². The van der Waals surface area contributed by atoms with Crippen LogP contribution in [0.4, 0.5) is 13.2 Å². The quantitative estimate of drug-likeness (QED) is 0.453. The van der Waals surface area contributed by atoms with Crippen LogP contribution in [0.5, 0.6) is 0 Å². The van der Waals surface area contributed by atoms with Crippen LogP contribution in [0.3, 0.4) is 0 Å². The van der Waals surface area contributed by atoms with Gasteiger partial charge in [-0.2, -0.15) is 0 Å². The molecule has 0 bridgehead atoms. The van der Waals surface area contributed by atoms with Crippen molar-refractivity contribution in [2.24, 2.45) is 5.92 Å². The van der Waals surface area contributed by atoms with Crippen LogP contribution in [0.25, 0.3) is 10.8 Å². The topological polar surface area (TPSA) is 27.7 Å². The molecule has 0 radical (unpaired) electrons. The van der Waals surface area contributed by atoms with Crippen molar-refractivity contribution in [1.29, 1.82) is 0 Å². The van der Waals surface area contributed by atoms with Gasteiger partial charge in [0.2, 0.25) is 0 Å². The zero-order valence-corrected chi connectivity index (χ0v) is 18.4. The monoisotopic (exact) mass is 454 g/mol. The lowest BCUT2D eigenvalue weighted by Crippen LogP contribution is -2.32. The van der Waals surface area contributed by atoms with Crippen molar-refractivity contribution < 1.29 is 27.4 Å². The first-order valence-corrected chi connectivity index (χ1v) is 10.9. The highest BCUT2D eigenvalue weighted by molar-refractivity contribution is 5.84. The van der Waals surface area contributed by atoms with E-state index in [-0.39, 0.29) is 17.7 Å². The first kappa shape index (κ1) is 23.3. The number of halogens is 3. The second-order valence-corrected chi connectivity index (χ2v) is 8.17. The van der Waals surface area contributed by atoms with Crippen LogP contribution in [-0.2, 0) is 20.6 Å². The van der Waals surface area contributed by atoms with Crippen LogP contribution >= 0.6 is 0 Å². The summed E-state index contributed by atoms with van der Waals surface area (Å²) in [5.41, 5.74) is 0.841. The third-order valence-electron chi connectivity index (χ3n) is 5.67. The molecule has 3 aromatic carbocycles. The minimum atomic E-state index is -0.703. The molecule has 0 unspecified atom stereocenters. The standard InChI is InChI=1S/C27H25F3O3/c1-31-11-10-20-16-32-27(33-17-20)9-4-19-13-25(29)24(26(30)14-19)8-3-18-2-5-22-15-23(28)7-6-21(22)12-18/h2,5-7,12-15,20,27H,4,9-11,16-17H2,1H3. The van der Waals surface area contributed by atoms with Crippen LogP contribution in [0.15, 0.2) is 48.5 Å². The van der Waals surface area contributed by atoms with E-state index in [4.69, 9.17) is 14.2 Å². The molecule has 0 spiro atoms. The van der Waals surface area contributed by atoms with Crippen LogP contribution in [0.1, 0.15) is 29.5 Å². The average Bonchev–Trinajstić information content (AvgIpc) is 2.81. The van der Waals surface area contributed by atoms with Gasteiger partial charge in [-0.05, 0) is 65.6 Å². The summed E-state index contributed by atoms with van der Waals surface area (Å²) in [5, 5.41) is 1.54. The first-order chi connectivity index (χ1) is 16.0. The maximum absolute atomic E-state index is 14.6. The van der Waals surface area contributed by atoms with Crippen LogP contribution in [0, 0.1) is 35.2 Å². The van der Waals surface area contributed by atoms with Crippen molar-refractivity contribution in [2.45, 2.75) is 25.6 Å². The minimum absolute atomic E-state index is 0.274. The minimum Gasteiger partial charge on any atom is -0.385 e. The number of fused-ring (bicyclic) bond motifs is 1. The highest BCUT2D eigenvalue weighted by Gasteiger charge is 2.22. The Kier molecular flexibility index (Phi) is 7.66. The van der Waals surface area contributed by atoms with Crippen LogP contribution in [-0.4, -0.2) is 33.2 Å². The summed E-state index contributed by atoms with van der Waals surface area (Å²) in [6, 6.07) is 12.2. The molecule has 172 valence electrons. The van der Waals surface area contributed by atoms with Gasteiger partial charge in [-0.25, -0.2) is 13.2 Å². The lowest BCUT2D eigenvalue weighted by molar-refractivity contribution is -0.204. The van der Waals surface area contributed by atoms with E-state index < -0.39 is 11.6 Å². The van der Waals surface area contributed by atoms with Gasteiger partial charge in [0.25, 0.3) is 0 Å². The molecule has 3 aromatic rings. The van der Waals surface area contributed by atoms with E-state index in [1.807, 2.05) is 0 Å². The Balaban J connectivity index is 1.39. The van der Waals surface area contributed by atoms with E-state index in [0.717, 1.165) is 17.2 Å². The Morgan fingerprint density at radius 1 is 0.879 bits per heavy atom. The Morgan fingerprint density at radius 3 is 2.30 bits per heavy atom. The van der Waals surface area contributed by atoms with E-state index >= 15 is 0 Å². The number of methoxy groups -OCH3 is 1. The normalized spacial score (nSPS) is 18.2. The van der Waals surface area contributed by atoms with Gasteiger partial charge in [0, 0.05) is 31.6 Å². The Hall–Kier alpha value is -2.85. The SMILES string of the molecule is COCCC1COC(CCc2cc(F)c(C#Cc3ccc4cc(F)ccc4c3)c(F)c2)OC1. The van der Waals surface area contributed by atoms with Gasteiger partial charge in [0.1, 0.15) is 17.5 Å². The van der Waals surface area contributed by atoms with Crippen molar-refractivity contribution in [2.75, 3.05) is 26.9 Å². The predicted molar refractivity (Wildman–Crippen MR) is 120 cm³/mol. The second-order valence-electron chi connectivity index (χ2n) is 8.17. The fourth-order valence-corrected chi connectivity index (χ4v) is 3.80. The molecule has 1 saturated heterocycles. The number of benzene rings is 3. The molecule has 0 amide bonds. The number of hydrogen-bond donors (Lipinski definition) is 0. The summed E-state index contributed by atoms with van der Waals surface area (Å²) in [4.78, 5) is 0. The molecule has 6 heteroatoms. The molecular weight excluding hydrogens is 429 g/mol. The molecule has 0 atom stereocenters. The smallest absolute Gasteiger partial charge is 0.157 e. The summed E-state index contributed by atoms with van der Waals surface area (Å²) in [7, 11) is 1.66. The maximum Gasteiger partial charge on any atom is 0.157 e. The molecule has 1 aliphatic heterocycles. The molecule has 0 aliphatic carbocycles. The number of hydrogen-bond acceptors (Lipinski definition) is 3. The van der Waals surface area contributed by atoms with E-state index in [1.54, 1.807) is 31.4 Å². The third kappa shape index (κ3) is 6.14. The van der Waals surface area contributed by atoms with Crippen molar-refractivity contribution >= 4 is 10.8 Å². The highest BCUT2D eigenvalue weighted by atomic mass is 19.1. The second kappa shape index (κ2) is 10.8. The summed E-state index contributed by atoms with van der Waals surface area (Å²) >= 11 is 0. The Labute approximate surface area is 191 Å². The molecule has 1 aliphatic rings. The number of rotatable bonds is 6. The summed E-state index contributed by atoms with van der Waals surface area (Å²) in [5.74, 6) is 3.97. The largest absolute Gasteiger partial charge is 0.385 e.